The predicted molar refractivity (Wildman–Crippen MR) is 153 cm³/mol. The molecule has 0 aromatic heterocycles. The van der Waals surface area contributed by atoms with Gasteiger partial charge in [-0.3, -0.25) is 0 Å². The van der Waals surface area contributed by atoms with Crippen LogP contribution in [0.5, 0.6) is 0 Å². The molecule has 0 aliphatic heterocycles. The van der Waals surface area contributed by atoms with Crippen LogP contribution in [0.4, 0.5) is 0 Å². The molecule has 0 saturated heterocycles. The zero-order chi connectivity index (χ0) is 25.2. The maximum Gasteiger partial charge on any atom is 0.0204 e. The Balaban J connectivity index is 0.000000313. The molecule has 0 saturated carbocycles. The van der Waals surface area contributed by atoms with Gasteiger partial charge in [-0.05, 0) is 49.8 Å². The van der Waals surface area contributed by atoms with Crippen molar-refractivity contribution in [2.45, 2.75) is 39.0 Å². The Morgan fingerprint density at radius 2 is 1.15 bits per heavy atom. The average Bonchev–Trinajstić information content (AvgIpc) is 3.43. The van der Waals surface area contributed by atoms with Crippen molar-refractivity contribution in [2.24, 2.45) is 0 Å². The second-order valence-corrected chi connectivity index (χ2v) is 8.10. The molecule has 0 amide bonds. The second-order valence-electron chi connectivity index (χ2n) is 8.10. The predicted octanol–water partition coefficient (Wildman–Crippen LogP) is 9.54. The van der Waals surface area contributed by atoms with Crippen molar-refractivity contribution in [1.82, 2.24) is 0 Å². The zero-order valence-corrected chi connectivity index (χ0v) is 21.0. The van der Waals surface area contributed by atoms with E-state index in [2.05, 4.69) is 150 Å². The Bertz CT molecular complexity index is 988. The van der Waals surface area contributed by atoms with Crippen molar-refractivity contribution in [3.05, 3.63) is 169 Å². The van der Waals surface area contributed by atoms with E-state index in [1.165, 1.54) is 33.4 Å². The van der Waals surface area contributed by atoms with Gasteiger partial charge in [0.1, 0.15) is 0 Å². The number of hydrogen-bond donors (Lipinski definition) is 0. The summed E-state index contributed by atoms with van der Waals surface area (Å²) >= 11 is 0. The lowest BCUT2D eigenvalue weighted by molar-refractivity contribution is 0.904. The fraction of sp³-hybridized carbons (Fsp3) is 0.176. The average molecular weight is 449 g/mol. The summed E-state index contributed by atoms with van der Waals surface area (Å²) in [5, 5.41) is 0. The summed E-state index contributed by atoms with van der Waals surface area (Å²) < 4.78 is 0. The Morgan fingerprint density at radius 1 is 0.647 bits per heavy atom. The summed E-state index contributed by atoms with van der Waals surface area (Å²) in [5.41, 5.74) is 8.08. The van der Waals surface area contributed by atoms with E-state index in [1.807, 2.05) is 0 Å². The number of hydrogen-bond acceptors (Lipinski definition) is 0. The van der Waals surface area contributed by atoms with E-state index in [4.69, 9.17) is 0 Å². The molecule has 0 atom stereocenters. The molecule has 1 aliphatic rings. The largest absolute Gasteiger partial charge is 0.106 e. The van der Waals surface area contributed by atoms with Crippen molar-refractivity contribution in [3.63, 3.8) is 0 Å². The summed E-state index contributed by atoms with van der Waals surface area (Å²) in [6.07, 6.45) is 11.8. The lowest BCUT2D eigenvalue weighted by Crippen LogP contribution is -1.93. The van der Waals surface area contributed by atoms with E-state index in [1.54, 1.807) is 0 Å². The van der Waals surface area contributed by atoms with Gasteiger partial charge >= 0.3 is 0 Å². The van der Waals surface area contributed by atoms with Crippen LogP contribution in [0.2, 0.25) is 0 Å². The van der Waals surface area contributed by atoms with E-state index in [-0.39, 0.29) is 0 Å². The summed E-state index contributed by atoms with van der Waals surface area (Å²) in [4.78, 5) is 0. The highest BCUT2D eigenvalue weighted by Gasteiger charge is 2.05. The lowest BCUT2D eigenvalue weighted by atomic mass is 9.99. The third-order valence-corrected chi connectivity index (χ3v) is 5.40. The molecule has 1 aliphatic carbocycles. The molecule has 0 bridgehead atoms. The third kappa shape index (κ3) is 10.8. The van der Waals surface area contributed by atoms with Crippen molar-refractivity contribution in [1.29, 1.82) is 0 Å². The minimum Gasteiger partial charge on any atom is -0.106 e. The van der Waals surface area contributed by atoms with Gasteiger partial charge in [0.15, 0.2) is 0 Å². The Kier molecular flexibility index (Phi) is 14.1. The molecule has 0 heteroatoms. The first kappa shape index (κ1) is 28.4. The van der Waals surface area contributed by atoms with E-state index < -0.39 is 0 Å². The summed E-state index contributed by atoms with van der Waals surface area (Å²) in [6.45, 7) is 20.4. The molecule has 34 heavy (non-hydrogen) atoms. The minimum absolute atomic E-state index is 0.505. The highest BCUT2D eigenvalue weighted by atomic mass is 14.1. The molecule has 3 aromatic rings. The van der Waals surface area contributed by atoms with E-state index in [0.717, 1.165) is 19.3 Å². The first-order chi connectivity index (χ1) is 16.6. The molecule has 176 valence electrons. The molecular formula is C34H40. The molecule has 0 fully saturated rings. The summed E-state index contributed by atoms with van der Waals surface area (Å²) in [6, 6.07) is 28.1. The van der Waals surface area contributed by atoms with Crippen LogP contribution in [-0.2, 0) is 12.8 Å². The van der Waals surface area contributed by atoms with Crippen LogP contribution >= 0.6 is 0 Å². The van der Waals surface area contributed by atoms with Crippen LogP contribution in [0.3, 0.4) is 0 Å². The summed E-state index contributed by atoms with van der Waals surface area (Å²) in [7, 11) is 0. The zero-order valence-electron chi connectivity index (χ0n) is 21.0. The molecule has 0 heterocycles. The van der Waals surface area contributed by atoms with Gasteiger partial charge in [0.2, 0.25) is 0 Å². The molecule has 3 aromatic carbocycles. The first-order valence-corrected chi connectivity index (χ1v) is 11.8. The Labute approximate surface area is 208 Å². The smallest absolute Gasteiger partial charge is 0.0204 e. The molecular weight excluding hydrogens is 408 g/mol. The van der Waals surface area contributed by atoms with Gasteiger partial charge in [-0.2, -0.15) is 0 Å². The fourth-order valence-electron chi connectivity index (χ4n) is 3.49. The molecule has 0 radical (unpaired) electrons. The molecule has 0 N–H and O–H groups in total. The number of aryl methyl sites for hydroxylation is 3. The normalized spacial score (nSPS) is 11.2. The third-order valence-electron chi connectivity index (χ3n) is 5.40. The molecule has 0 spiro atoms. The minimum atomic E-state index is 0.505. The maximum atomic E-state index is 4.19. The highest BCUT2D eigenvalue weighted by molar-refractivity contribution is 5.35. The van der Waals surface area contributed by atoms with Gasteiger partial charge in [0.25, 0.3) is 0 Å². The standard InChI is InChI=1S/C18H20.C12H12.2C2H4/c1-15-8-12-18(13-9-15)14-16(2)10-11-17-6-4-3-5-7-17;1-10-6-8-12(9-7-10)11-4-2-3-5-11;2*1-2/h3-9,12-13H,2,10-11,14H2,1H3;2-9,11H,1H3;2*1-2H2. The number of rotatable bonds is 6. The van der Waals surface area contributed by atoms with Crippen molar-refractivity contribution >= 4 is 0 Å². The SMILES string of the molecule is C=C.C=C.C=C(CCc1ccccc1)Cc1ccc(C)cc1.Cc1ccc(C2C=CC=C2)cc1. The Morgan fingerprint density at radius 3 is 1.68 bits per heavy atom. The van der Waals surface area contributed by atoms with Crippen LogP contribution in [0.25, 0.3) is 0 Å². The molecule has 4 rings (SSSR count). The van der Waals surface area contributed by atoms with Crippen LogP contribution in [0, 0.1) is 13.8 Å². The van der Waals surface area contributed by atoms with E-state index in [0.29, 0.717) is 5.92 Å². The highest BCUT2D eigenvalue weighted by Crippen LogP contribution is 2.22. The van der Waals surface area contributed by atoms with Crippen LogP contribution in [0.15, 0.2) is 142 Å². The van der Waals surface area contributed by atoms with Gasteiger partial charge < -0.3 is 0 Å². The van der Waals surface area contributed by atoms with Crippen molar-refractivity contribution in [3.8, 4) is 0 Å². The lowest BCUT2D eigenvalue weighted by Gasteiger charge is -2.06. The first-order valence-electron chi connectivity index (χ1n) is 11.8. The van der Waals surface area contributed by atoms with Gasteiger partial charge in [-0.15, -0.1) is 26.3 Å². The van der Waals surface area contributed by atoms with Crippen LogP contribution < -0.4 is 0 Å². The van der Waals surface area contributed by atoms with E-state index in [9.17, 15) is 0 Å². The van der Waals surface area contributed by atoms with Gasteiger partial charge in [-0.25, -0.2) is 0 Å². The molecule has 0 unspecified atom stereocenters. The number of benzene rings is 3. The van der Waals surface area contributed by atoms with Crippen LogP contribution in [-0.4, -0.2) is 0 Å². The molecule has 0 nitrogen and oxygen atoms in total. The topological polar surface area (TPSA) is 0 Å². The quantitative estimate of drug-likeness (QED) is 0.329. The maximum absolute atomic E-state index is 4.19. The second kappa shape index (κ2) is 16.9. The summed E-state index contributed by atoms with van der Waals surface area (Å²) in [5.74, 6) is 0.505. The van der Waals surface area contributed by atoms with Gasteiger partial charge in [0, 0.05) is 5.92 Å². The van der Waals surface area contributed by atoms with Crippen LogP contribution in [0.1, 0.15) is 40.2 Å². The fourth-order valence-corrected chi connectivity index (χ4v) is 3.49. The van der Waals surface area contributed by atoms with Crippen molar-refractivity contribution < 1.29 is 0 Å². The van der Waals surface area contributed by atoms with Crippen molar-refractivity contribution in [2.75, 3.05) is 0 Å². The number of allylic oxidation sites excluding steroid dienone is 5. The van der Waals surface area contributed by atoms with Gasteiger partial charge in [0.05, 0.1) is 0 Å². The Hall–Kier alpha value is -3.64. The van der Waals surface area contributed by atoms with Gasteiger partial charge in [-0.1, -0.05) is 126 Å². The monoisotopic (exact) mass is 448 g/mol. The van der Waals surface area contributed by atoms with E-state index >= 15 is 0 Å².